The number of hydrogen-bond acceptors (Lipinski definition) is 8. The number of hydrogen-bond donors (Lipinski definition) is 3. The van der Waals surface area contributed by atoms with Gasteiger partial charge in [0.1, 0.15) is 28.4 Å². The molecule has 0 saturated carbocycles. The summed E-state index contributed by atoms with van der Waals surface area (Å²) < 4.78 is 55.3. The van der Waals surface area contributed by atoms with E-state index in [2.05, 4.69) is 30.3 Å². The molecule has 0 unspecified atom stereocenters. The molecule has 5 rings (SSSR count). The summed E-state index contributed by atoms with van der Waals surface area (Å²) >= 11 is 6.15. The van der Waals surface area contributed by atoms with Crippen LogP contribution in [0.5, 0.6) is 0 Å². The van der Waals surface area contributed by atoms with E-state index < -0.39 is 26.6 Å². The molecule has 4 aromatic rings. The standard InChI is InChI=1S/C27H27ClF2N8O3S/c1-15(2)34-27(39)38-9-7-18(8-10-38)35-26-24-21(32-14-33-26)5-4-20(36-24)16-11-22(25(28)31-13-16)37-42(40,41)23-6-3-17(29)12-19(23)30/h3-6,11-15,18,37H,7-10H2,1-2H3,(H,34,39)(H,32,33,35). The number of carbonyl (C=O) groups is 1. The fraction of sp³-hybridized carbons (Fsp3) is 0.296. The van der Waals surface area contributed by atoms with Crippen molar-refractivity contribution in [1.82, 2.24) is 30.2 Å². The Balaban J connectivity index is 1.37. The number of aromatic nitrogens is 4. The number of anilines is 2. The van der Waals surface area contributed by atoms with Crippen LogP contribution in [0.3, 0.4) is 0 Å². The molecular formula is C27H27ClF2N8O3S. The highest BCUT2D eigenvalue weighted by atomic mass is 35.5. The quantitative estimate of drug-likeness (QED) is 0.251. The minimum absolute atomic E-state index is 0.0571. The third-order valence-electron chi connectivity index (χ3n) is 6.58. The summed E-state index contributed by atoms with van der Waals surface area (Å²) in [6, 6.07) is 7.02. The van der Waals surface area contributed by atoms with Crippen LogP contribution in [-0.4, -0.2) is 64.5 Å². The van der Waals surface area contributed by atoms with Crippen molar-refractivity contribution in [2.75, 3.05) is 23.1 Å². The van der Waals surface area contributed by atoms with Crippen molar-refractivity contribution in [2.45, 2.75) is 43.7 Å². The smallest absolute Gasteiger partial charge is 0.317 e. The van der Waals surface area contributed by atoms with Crippen LogP contribution in [-0.2, 0) is 10.0 Å². The van der Waals surface area contributed by atoms with Crippen LogP contribution in [0.25, 0.3) is 22.3 Å². The van der Waals surface area contributed by atoms with Gasteiger partial charge in [0.25, 0.3) is 10.0 Å². The van der Waals surface area contributed by atoms with Gasteiger partial charge in [-0.2, -0.15) is 0 Å². The van der Waals surface area contributed by atoms with Gasteiger partial charge in [-0.05, 0) is 57.0 Å². The number of nitrogens with one attached hydrogen (secondary N) is 3. The minimum Gasteiger partial charge on any atom is -0.365 e. The predicted octanol–water partition coefficient (Wildman–Crippen LogP) is 4.81. The van der Waals surface area contributed by atoms with Crippen molar-refractivity contribution < 1.29 is 22.0 Å². The van der Waals surface area contributed by atoms with Gasteiger partial charge >= 0.3 is 6.03 Å². The first-order chi connectivity index (χ1) is 20.0. The molecule has 1 aliphatic rings. The second-order valence-corrected chi connectivity index (χ2v) is 12.0. The van der Waals surface area contributed by atoms with Crippen LogP contribution in [0.2, 0.25) is 5.15 Å². The Morgan fingerprint density at radius 3 is 2.55 bits per heavy atom. The number of amides is 2. The van der Waals surface area contributed by atoms with Gasteiger partial charge in [-0.1, -0.05) is 11.6 Å². The fourth-order valence-corrected chi connectivity index (χ4v) is 5.84. The van der Waals surface area contributed by atoms with Crippen molar-refractivity contribution in [1.29, 1.82) is 0 Å². The second kappa shape index (κ2) is 12.0. The summed E-state index contributed by atoms with van der Waals surface area (Å²) in [6.45, 7) is 5.02. The number of benzene rings is 1. The molecule has 3 N–H and O–H groups in total. The first-order valence-electron chi connectivity index (χ1n) is 13.1. The molecule has 1 aromatic carbocycles. The molecule has 1 fully saturated rings. The van der Waals surface area contributed by atoms with Crippen LogP contribution in [0.15, 0.2) is 53.8 Å². The largest absolute Gasteiger partial charge is 0.365 e. The summed E-state index contributed by atoms with van der Waals surface area (Å²) in [7, 11) is -4.45. The van der Waals surface area contributed by atoms with E-state index in [9.17, 15) is 22.0 Å². The first-order valence-corrected chi connectivity index (χ1v) is 14.9. The molecule has 0 spiro atoms. The highest BCUT2D eigenvalue weighted by Gasteiger charge is 2.25. The lowest BCUT2D eigenvalue weighted by atomic mass is 10.1. The molecule has 0 atom stereocenters. The first kappa shape index (κ1) is 29.3. The highest BCUT2D eigenvalue weighted by Crippen LogP contribution is 2.30. The van der Waals surface area contributed by atoms with Gasteiger partial charge in [0, 0.05) is 43.0 Å². The Kier molecular flexibility index (Phi) is 8.36. The average Bonchev–Trinajstić information content (AvgIpc) is 2.94. The maximum Gasteiger partial charge on any atom is 0.317 e. The Bertz CT molecular complexity index is 1750. The molecule has 4 heterocycles. The number of fused-ring (bicyclic) bond motifs is 1. The Morgan fingerprint density at radius 2 is 1.83 bits per heavy atom. The number of urea groups is 1. The van der Waals surface area contributed by atoms with Gasteiger partial charge in [0.2, 0.25) is 0 Å². The number of piperidine rings is 1. The molecule has 0 bridgehead atoms. The summed E-state index contributed by atoms with van der Waals surface area (Å²) in [5.74, 6) is -1.64. The molecule has 11 nitrogen and oxygen atoms in total. The zero-order valence-electron chi connectivity index (χ0n) is 22.6. The third-order valence-corrected chi connectivity index (χ3v) is 8.28. The zero-order valence-corrected chi connectivity index (χ0v) is 24.2. The van der Waals surface area contributed by atoms with Gasteiger partial charge in [0.15, 0.2) is 11.0 Å². The Labute approximate surface area is 245 Å². The molecule has 42 heavy (non-hydrogen) atoms. The van der Waals surface area contributed by atoms with E-state index in [1.807, 2.05) is 13.8 Å². The van der Waals surface area contributed by atoms with Crippen LogP contribution in [0.1, 0.15) is 26.7 Å². The molecule has 2 amide bonds. The number of nitrogens with zero attached hydrogens (tertiary/aromatic N) is 5. The molecular weight excluding hydrogens is 590 g/mol. The molecule has 0 radical (unpaired) electrons. The van der Waals surface area contributed by atoms with E-state index in [0.29, 0.717) is 47.3 Å². The van der Waals surface area contributed by atoms with Crippen molar-refractivity contribution in [3.63, 3.8) is 0 Å². The Morgan fingerprint density at radius 1 is 1.07 bits per heavy atom. The second-order valence-electron chi connectivity index (χ2n) is 10.0. The lowest BCUT2D eigenvalue weighted by molar-refractivity contribution is 0.181. The van der Waals surface area contributed by atoms with E-state index in [4.69, 9.17) is 16.6 Å². The summed E-state index contributed by atoms with van der Waals surface area (Å²) in [5, 5.41) is 6.15. The lowest BCUT2D eigenvalue weighted by Crippen LogP contribution is -2.48. The van der Waals surface area contributed by atoms with E-state index in [1.54, 1.807) is 17.0 Å². The van der Waals surface area contributed by atoms with Crippen LogP contribution in [0, 0.1) is 11.6 Å². The van der Waals surface area contributed by atoms with E-state index in [0.717, 1.165) is 25.0 Å². The molecule has 1 saturated heterocycles. The maximum atomic E-state index is 14.2. The normalized spacial score (nSPS) is 14.3. The van der Waals surface area contributed by atoms with Crippen molar-refractivity contribution in [2.24, 2.45) is 0 Å². The van der Waals surface area contributed by atoms with Gasteiger partial charge in [-0.3, -0.25) is 4.72 Å². The average molecular weight is 617 g/mol. The molecule has 3 aromatic heterocycles. The number of carbonyl (C=O) groups excluding carboxylic acids is 1. The maximum absolute atomic E-state index is 14.2. The van der Waals surface area contributed by atoms with E-state index in [-0.39, 0.29) is 29.0 Å². The predicted molar refractivity (Wildman–Crippen MR) is 155 cm³/mol. The minimum atomic E-state index is -4.45. The number of sulfonamides is 1. The molecule has 0 aliphatic carbocycles. The van der Waals surface area contributed by atoms with E-state index >= 15 is 0 Å². The van der Waals surface area contributed by atoms with Gasteiger partial charge in [0.05, 0.1) is 16.9 Å². The summed E-state index contributed by atoms with van der Waals surface area (Å²) in [6.07, 6.45) is 4.29. The fourth-order valence-electron chi connectivity index (χ4n) is 4.52. The molecule has 15 heteroatoms. The van der Waals surface area contributed by atoms with Gasteiger partial charge in [-0.15, -0.1) is 0 Å². The van der Waals surface area contributed by atoms with Gasteiger partial charge in [-0.25, -0.2) is 41.9 Å². The van der Waals surface area contributed by atoms with Gasteiger partial charge < -0.3 is 15.5 Å². The number of rotatable bonds is 7. The topological polar surface area (TPSA) is 142 Å². The van der Waals surface area contributed by atoms with Crippen LogP contribution < -0.4 is 15.4 Å². The molecule has 220 valence electrons. The summed E-state index contributed by atoms with van der Waals surface area (Å²) in [5.41, 5.74) is 1.80. The third kappa shape index (κ3) is 6.49. The lowest BCUT2D eigenvalue weighted by Gasteiger charge is -2.33. The van der Waals surface area contributed by atoms with Crippen LogP contribution in [0.4, 0.5) is 25.1 Å². The summed E-state index contributed by atoms with van der Waals surface area (Å²) in [4.78, 5) is 30.8. The van der Waals surface area contributed by atoms with Crippen LogP contribution >= 0.6 is 11.6 Å². The number of pyridine rings is 2. The number of halogens is 3. The van der Waals surface area contributed by atoms with Crippen molar-refractivity contribution in [3.05, 3.63) is 65.7 Å². The van der Waals surface area contributed by atoms with Crippen molar-refractivity contribution in [3.8, 4) is 11.3 Å². The monoisotopic (exact) mass is 616 g/mol. The molecule has 1 aliphatic heterocycles. The zero-order chi connectivity index (χ0) is 30.0. The van der Waals surface area contributed by atoms with Crippen molar-refractivity contribution >= 4 is 50.2 Å². The number of likely N-dealkylation sites (tertiary alicyclic amines) is 1. The highest BCUT2D eigenvalue weighted by molar-refractivity contribution is 7.92. The SMILES string of the molecule is CC(C)NC(=O)N1CCC(Nc2ncnc3ccc(-c4cnc(Cl)c(NS(=O)(=O)c5ccc(F)cc5F)c4)nc23)CC1. The van der Waals surface area contributed by atoms with E-state index in [1.165, 1.54) is 18.6 Å². The Hall–Kier alpha value is -4.17.